The highest BCUT2D eigenvalue weighted by atomic mass is 79.9. The number of nitrogens with zero attached hydrogens (tertiary/aromatic N) is 2. The van der Waals surface area contributed by atoms with Crippen molar-refractivity contribution in [3.63, 3.8) is 0 Å². The van der Waals surface area contributed by atoms with E-state index in [1.54, 1.807) is 60.7 Å². The number of rotatable bonds is 5. The van der Waals surface area contributed by atoms with E-state index in [4.69, 9.17) is 23.2 Å². The Balaban J connectivity index is 1.71. The molecule has 3 aromatic rings. The van der Waals surface area contributed by atoms with Crippen molar-refractivity contribution >= 4 is 74.1 Å². The van der Waals surface area contributed by atoms with Crippen molar-refractivity contribution in [1.82, 2.24) is 0 Å². The molecule has 1 aliphatic heterocycles. The number of carbonyl (C=O) groups excluding carboxylic acids is 2. The largest absolute Gasteiger partial charge is 0.321 e. The highest BCUT2D eigenvalue weighted by molar-refractivity contribution is 9.10. The maximum atomic E-state index is 13.5. The van der Waals surface area contributed by atoms with E-state index in [1.165, 1.54) is 16.7 Å². The lowest BCUT2D eigenvalue weighted by molar-refractivity contribution is -0.117. The van der Waals surface area contributed by atoms with E-state index in [9.17, 15) is 14.9 Å². The van der Waals surface area contributed by atoms with Gasteiger partial charge in [0.1, 0.15) is 16.7 Å². The molecule has 1 atom stereocenters. The van der Waals surface area contributed by atoms with Gasteiger partial charge < -0.3 is 5.32 Å². The molecule has 2 amide bonds. The van der Waals surface area contributed by atoms with Crippen molar-refractivity contribution in [2.75, 3.05) is 10.2 Å². The number of benzene rings is 3. The van der Waals surface area contributed by atoms with Gasteiger partial charge in [0, 0.05) is 25.9 Å². The lowest BCUT2D eigenvalue weighted by atomic mass is 10.1. The summed E-state index contributed by atoms with van der Waals surface area (Å²) in [6, 6.07) is 22.9. The van der Waals surface area contributed by atoms with Crippen LogP contribution < -0.4 is 10.2 Å². The molecule has 0 aliphatic carbocycles. The van der Waals surface area contributed by atoms with Crippen LogP contribution >= 0.6 is 50.9 Å². The van der Waals surface area contributed by atoms with Crippen molar-refractivity contribution in [3.05, 3.63) is 103 Å². The van der Waals surface area contributed by atoms with Gasteiger partial charge >= 0.3 is 0 Å². The number of nitrogens with one attached hydrogen (secondary N) is 1. The van der Waals surface area contributed by atoms with Crippen LogP contribution in [0.4, 0.5) is 11.4 Å². The standard InChI is InChI=1S/C25H16BrCl2N3O2S/c26-16-3-9-19(10-4-16)30-23(32)21(14-29)25-31(20-11-7-18(28)8-12-20)24(33)22(34-25)13-15-1-5-17(27)6-2-15/h1-12,22H,13H2,(H,30,32)/b25-21-. The predicted octanol–water partition coefficient (Wildman–Crippen LogP) is 6.82. The minimum absolute atomic E-state index is 0.144. The van der Waals surface area contributed by atoms with Crippen LogP contribution in [-0.4, -0.2) is 17.1 Å². The molecule has 1 aliphatic rings. The van der Waals surface area contributed by atoms with Gasteiger partial charge in [0.05, 0.1) is 5.25 Å². The lowest BCUT2D eigenvalue weighted by Crippen LogP contribution is -2.30. The maximum absolute atomic E-state index is 13.5. The van der Waals surface area contributed by atoms with Gasteiger partial charge in [0.25, 0.3) is 5.91 Å². The second kappa shape index (κ2) is 10.7. The number of hydrogen-bond donors (Lipinski definition) is 1. The molecule has 0 radical (unpaired) electrons. The summed E-state index contributed by atoms with van der Waals surface area (Å²) in [5.41, 5.74) is 1.84. The maximum Gasteiger partial charge on any atom is 0.269 e. The van der Waals surface area contributed by atoms with E-state index in [2.05, 4.69) is 21.2 Å². The van der Waals surface area contributed by atoms with Crippen molar-refractivity contribution in [2.45, 2.75) is 11.7 Å². The average molecular weight is 573 g/mol. The molecule has 170 valence electrons. The van der Waals surface area contributed by atoms with Gasteiger partial charge in [-0.1, -0.05) is 63.0 Å². The lowest BCUT2D eigenvalue weighted by Gasteiger charge is -2.19. The topological polar surface area (TPSA) is 73.2 Å². The molecule has 4 rings (SSSR count). The summed E-state index contributed by atoms with van der Waals surface area (Å²) in [7, 11) is 0. The molecule has 0 spiro atoms. The summed E-state index contributed by atoms with van der Waals surface area (Å²) in [5, 5.41) is 13.5. The molecular formula is C25H16BrCl2N3O2S. The molecule has 0 saturated carbocycles. The zero-order valence-electron chi connectivity index (χ0n) is 17.5. The molecule has 9 heteroatoms. The van der Waals surface area contributed by atoms with Gasteiger partial charge in [-0.2, -0.15) is 5.26 Å². The van der Waals surface area contributed by atoms with Crippen LogP contribution in [0.5, 0.6) is 0 Å². The summed E-state index contributed by atoms with van der Waals surface area (Å²) in [6.45, 7) is 0. The summed E-state index contributed by atoms with van der Waals surface area (Å²) in [6.07, 6.45) is 0.418. The number of carbonyl (C=O) groups is 2. The van der Waals surface area contributed by atoms with Gasteiger partial charge in [-0.3, -0.25) is 14.5 Å². The molecule has 5 nitrogen and oxygen atoms in total. The van der Waals surface area contributed by atoms with Crippen molar-refractivity contribution in [2.24, 2.45) is 0 Å². The molecule has 34 heavy (non-hydrogen) atoms. The fourth-order valence-corrected chi connectivity index (χ4v) is 5.20. The van der Waals surface area contributed by atoms with E-state index in [-0.39, 0.29) is 16.5 Å². The first kappa shape index (κ1) is 24.4. The SMILES string of the molecule is N#C/C(C(=O)Nc1ccc(Br)cc1)=C1/SC(Cc2ccc(Cl)cc2)C(=O)N1c1ccc(Cl)cc1. The smallest absolute Gasteiger partial charge is 0.269 e. The number of anilines is 2. The van der Waals surface area contributed by atoms with E-state index in [0.29, 0.717) is 27.8 Å². The molecule has 0 bridgehead atoms. The van der Waals surface area contributed by atoms with Crippen LogP contribution in [-0.2, 0) is 16.0 Å². The molecule has 1 unspecified atom stereocenters. The summed E-state index contributed by atoms with van der Waals surface area (Å²) < 4.78 is 0.861. The Morgan fingerprint density at radius 2 is 1.59 bits per heavy atom. The van der Waals surface area contributed by atoms with Crippen LogP contribution in [0.2, 0.25) is 10.0 Å². The highest BCUT2D eigenvalue weighted by Gasteiger charge is 2.40. The van der Waals surface area contributed by atoms with Crippen LogP contribution in [0.3, 0.4) is 0 Å². The minimum atomic E-state index is -0.591. The molecule has 0 aromatic heterocycles. The first-order chi connectivity index (χ1) is 16.4. The molecule has 1 fully saturated rings. The molecule has 1 N–H and O–H groups in total. The van der Waals surface area contributed by atoms with Gasteiger partial charge in [-0.15, -0.1) is 0 Å². The van der Waals surface area contributed by atoms with Gasteiger partial charge in [-0.25, -0.2) is 0 Å². The van der Waals surface area contributed by atoms with Gasteiger partial charge in [-0.05, 0) is 72.6 Å². The summed E-state index contributed by atoms with van der Waals surface area (Å²) >= 11 is 16.6. The fraction of sp³-hybridized carbons (Fsp3) is 0.0800. The first-order valence-electron chi connectivity index (χ1n) is 10.1. The average Bonchev–Trinajstić information content (AvgIpc) is 3.13. The van der Waals surface area contributed by atoms with E-state index in [0.717, 1.165) is 10.0 Å². The number of amides is 2. The monoisotopic (exact) mass is 571 g/mol. The third kappa shape index (κ3) is 5.48. The molecular weight excluding hydrogens is 557 g/mol. The van der Waals surface area contributed by atoms with Crippen LogP contribution in [0.1, 0.15) is 5.56 Å². The Bertz CT molecular complexity index is 1300. The van der Waals surface area contributed by atoms with Gasteiger partial charge in [0.15, 0.2) is 0 Å². The molecule has 1 saturated heterocycles. The summed E-state index contributed by atoms with van der Waals surface area (Å²) in [5.74, 6) is -0.812. The Kier molecular flexibility index (Phi) is 7.64. The van der Waals surface area contributed by atoms with Crippen molar-refractivity contribution < 1.29 is 9.59 Å². The van der Waals surface area contributed by atoms with Crippen LogP contribution in [0.25, 0.3) is 0 Å². The number of hydrogen-bond acceptors (Lipinski definition) is 4. The van der Waals surface area contributed by atoms with Crippen LogP contribution in [0, 0.1) is 11.3 Å². The second-order valence-electron chi connectivity index (χ2n) is 7.34. The van der Waals surface area contributed by atoms with Crippen molar-refractivity contribution in [1.29, 1.82) is 5.26 Å². The van der Waals surface area contributed by atoms with Crippen molar-refractivity contribution in [3.8, 4) is 6.07 Å². The number of nitriles is 1. The summed E-state index contributed by atoms with van der Waals surface area (Å²) in [4.78, 5) is 28.0. The quantitative estimate of drug-likeness (QED) is 0.269. The Morgan fingerprint density at radius 3 is 2.18 bits per heavy atom. The third-order valence-electron chi connectivity index (χ3n) is 5.03. The molecule has 1 heterocycles. The Hall–Kier alpha value is -2.76. The van der Waals surface area contributed by atoms with Gasteiger partial charge in [0.2, 0.25) is 5.91 Å². The van der Waals surface area contributed by atoms with Crippen LogP contribution in [0.15, 0.2) is 87.9 Å². The minimum Gasteiger partial charge on any atom is -0.321 e. The molecule has 3 aromatic carbocycles. The third-order valence-corrected chi connectivity index (χ3v) is 7.32. The fourth-order valence-electron chi connectivity index (χ4n) is 3.37. The normalized spacial score (nSPS) is 16.8. The number of halogens is 3. The first-order valence-corrected chi connectivity index (χ1v) is 12.5. The number of thioether (sulfide) groups is 1. The Morgan fingerprint density at radius 1 is 1.00 bits per heavy atom. The zero-order valence-corrected chi connectivity index (χ0v) is 21.4. The Labute approximate surface area is 219 Å². The highest BCUT2D eigenvalue weighted by Crippen LogP contribution is 2.42. The zero-order chi connectivity index (χ0) is 24.2. The van der Waals surface area contributed by atoms with E-state index >= 15 is 0 Å². The predicted molar refractivity (Wildman–Crippen MR) is 141 cm³/mol. The van der Waals surface area contributed by atoms with E-state index < -0.39 is 11.2 Å². The second-order valence-corrected chi connectivity index (χ2v) is 10.3. The van der Waals surface area contributed by atoms with E-state index in [1.807, 2.05) is 18.2 Å².